The number of hydrogen-bond donors (Lipinski definition) is 0. The van der Waals surface area contributed by atoms with Gasteiger partial charge in [-0.2, -0.15) is 0 Å². The van der Waals surface area contributed by atoms with Gasteiger partial charge in [-0.1, -0.05) is 6.07 Å². The van der Waals surface area contributed by atoms with Crippen LogP contribution in [-0.2, 0) is 35.2 Å². The second kappa shape index (κ2) is 18.2. The van der Waals surface area contributed by atoms with Crippen LogP contribution in [0.1, 0.15) is 52.7 Å². The van der Waals surface area contributed by atoms with Crippen LogP contribution < -0.4 is 19.6 Å². The molecule has 1 aliphatic carbocycles. The number of hydrogen-bond acceptors (Lipinski definition) is 9. The molecular formula is C47H50F4IN3O8S2. The Morgan fingerprint density at radius 2 is 1.48 bits per heavy atom. The summed E-state index contributed by atoms with van der Waals surface area (Å²) in [5.74, 6) is -0.101. The molecule has 2 heterocycles. The van der Waals surface area contributed by atoms with Crippen molar-refractivity contribution in [3.8, 4) is 28.2 Å². The van der Waals surface area contributed by atoms with Crippen molar-refractivity contribution in [2.24, 2.45) is 0 Å². The summed E-state index contributed by atoms with van der Waals surface area (Å²) in [5.41, 5.74) is 1.91. The molecule has 0 fully saturated rings. The van der Waals surface area contributed by atoms with E-state index in [4.69, 9.17) is 7.48 Å². The molecule has 11 nitrogen and oxygen atoms in total. The van der Waals surface area contributed by atoms with Gasteiger partial charge in [0.25, 0.3) is 0 Å². The molecule has 0 spiro atoms. The van der Waals surface area contributed by atoms with E-state index in [0.29, 0.717) is 39.0 Å². The Balaban J connectivity index is 1.16. The van der Waals surface area contributed by atoms with E-state index in [2.05, 4.69) is 14.2 Å². The van der Waals surface area contributed by atoms with E-state index in [0.717, 1.165) is 59.7 Å². The number of sulfonamides is 1. The third-order valence-corrected chi connectivity index (χ3v) is 19.7. The van der Waals surface area contributed by atoms with Crippen molar-refractivity contribution in [2.75, 3.05) is 44.7 Å². The number of nitrogens with zero attached hydrogens (tertiary/aromatic N) is 3. The van der Waals surface area contributed by atoms with Gasteiger partial charge < -0.3 is 13.9 Å². The summed E-state index contributed by atoms with van der Waals surface area (Å²) in [6.07, 6.45) is -4.87. The Morgan fingerprint density at radius 3 is 2.12 bits per heavy atom. The van der Waals surface area contributed by atoms with E-state index in [1.165, 1.54) is 43.4 Å². The van der Waals surface area contributed by atoms with Crippen molar-refractivity contribution in [3.05, 3.63) is 123 Å². The largest absolute Gasteiger partial charge is 0.744 e. The van der Waals surface area contributed by atoms with Crippen molar-refractivity contribution in [2.45, 2.75) is 73.4 Å². The summed E-state index contributed by atoms with van der Waals surface area (Å²) in [4.78, 5) is 0.932. The molecule has 0 saturated heterocycles. The van der Waals surface area contributed by atoms with Crippen LogP contribution in [0.2, 0.25) is 0 Å². The van der Waals surface area contributed by atoms with Gasteiger partial charge in [0.15, 0.2) is 0 Å². The van der Waals surface area contributed by atoms with Crippen LogP contribution in [0.25, 0.3) is 33.4 Å². The molecule has 65 heavy (non-hydrogen) atoms. The van der Waals surface area contributed by atoms with Crippen molar-refractivity contribution < 1.29 is 51.2 Å². The summed E-state index contributed by atoms with van der Waals surface area (Å²) >= 11 is -4.28. The minimum Gasteiger partial charge on any atom is -0.744 e. The van der Waals surface area contributed by atoms with Gasteiger partial charge in [0, 0.05) is 53.0 Å². The number of ether oxygens (including phenoxy) is 1. The van der Waals surface area contributed by atoms with Gasteiger partial charge in [-0.05, 0) is 58.0 Å². The van der Waals surface area contributed by atoms with E-state index in [1.807, 2.05) is 52.0 Å². The third kappa shape index (κ3) is 9.26. The Labute approximate surface area is 384 Å². The van der Waals surface area contributed by atoms with Gasteiger partial charge in [0.2, 0.25) is 5.36 Å². The van der Waals surface area contributed by atoms with Gasteiger partial charge in [0.05, 0.1) is 11.0 Å². The molecule has 0 N–H and O–H groups in total. The van der Waals surface area contributed by atoms with Crippen LogP contribution in [0.15, 0.2) is 117 Å². The smallest absolute Gasteiger partial charge is 0.203 e. The van der Waals surface area contributed by atoms with Crippen molar-refractivity contribution >= 4 is 57.0 Å². The molecule has 4 aromatic rings. The number of benzene rings is 5. The number of halogens is 5. The van der Waals surface area contributed by atoms with E-state index in [9.17, 15) is 21.4 Å². The van der Waals surface area contributed by atoms with Crippen molar-refractivity contribution in [3.63, 3.8) is 0 Å². The molecule has 0 atom stereocenters. The van der Waals surface area contributed by atoms with E-state index in [1.54, 1.807) is 38.1 Å². The molecule has 2 aliphatic heterocycles. The number of likely N-dealkylation sites (N-methyl/N-ethyl adjacent to an activating group) is 1. The van der Waals surface area contributed by atoms with Gasteiger partial charge in [0.1, 0.15) is 34.6 Å². The number of alkyl halides is 5. The first-order valence-corrected chi connectivity index (χ1v) is 26.9. The fourth-order valence-electron chi connectivity index (χ4n) is 7.97. The summed E-state index contributed by atoms with van der Waals surface area (Å²) in [7, 11) is -8.44. The molecule has 0 radical (unpaired) electrons. The van der Waals surface area contributed by atoms with Crippen LogP contribution in [0.5, 0.6) is 5.75 Å². The summed E-state index contributed by atoms with van der Waals surface area (Å²) in [5, 5.41) is 1.38. The van der Waals surface area contributed by atoms with Crippen molar-refractivity contribution in [1.82, 2.24) is 8.88 Å². The maximum Gasteiger partial charge on any atom is 0.203 e. The van der Waals surface area contributed by atoms with E-state index < -0.39 is 71.6 Å². The quantitative estimate of drug-likeness (QED) is 0.0232. The zero-order valence-electron chi connectivity index (χ0n) is 36.9. The Morgan fingerprint density at radius 1 is 0.815 bits per heavy atom. The normalized spacial score (nSPS) is 14.9. The maximum absolute atomic E-state index is 15.5. The predicted molar refractivity (Wildman–Crippen MR) is 250 cm³/mol. The predicted octanol–water partition coefficient (Wildman–Crippen LogP) is 9.75. The second-order valence-electron chi connectivity index (χ2n) is 15.9. The van der Waals surface area contributed by atoms with Crippen LogP contribution in [-0.4, -0.2) is 75.5 Å². The van der Waals surface area contributed by atoms with Crippen LogP contribution in [0, 0.1) is 3.57 Å². The molecule has 7 rings (SSSR count). The van der Waals surface area contributed by atoms with Gasteiger partial charge in [-0.15, -0.1) is 0 Å². The fourth-order valence-corrected chi connectivity index (χ4v) is 15.1. The first-order chi connectivity index (χ1) is 30.6. The first kappa shape index (κ1) is 48.3. The molecule has 348 valence electrons. The average Bonchev–Trinajstić information content (AvgIpc) is 3.55. The fraction of sp³-hybridized carbons (Fsp3) is 0.340. The molecule has 0 aromatic heterocycles. The van der Waals surface area contributed by atoms with Crippen LogP contribution in [0.3, 0.4) is 0 Å². The molecular weight excluding hydrogens is 1000 g/mol. The number of fused-ring (bicyclic) bond motifs is 3. The Bertz CT molecular complexity index is 3010. The SMILES string of the molecule is CCN(CC)c1ccc2c(-c3ccc(S(=O)(=O)N(C)CCc4ccc(OC(F)(F)C(F)(F)I5OC(C)(C)c6ccccc65)cc4)cc3S(=O)(=O)[O-])c3ccc(=[N+](CC)CC)cc-3oc2c1. The molecule has 4 aromatic carbocycles. The molecule has 0 unspecified atom stereocenters. The Hall–Kier alpha value is -4.60. The average molecular weight is 1050 g/mol. The van der Waals surface area contributed by atoms with E-state index >= 15 is 17.6 Å². The Kier molecular flexibility index (Phi) is 13.6. The minimum atomic E-state index is -5.29. The third-order valence-electron chi connectivity index (χ3n) is 11.6. The number of rotatable bonds is 16. The minimum absolute atomic E-state index is 0.00343. The summed E-state index contributed by atoms with van der Waals surface area (Å²) in [6, 6.07) is 25.5. The van der Waals surface area contributed by atoms with E-state index in [-0.39, 0.29) is 22.1 Å². The van der Waals surface area contributed by atoms with Gasteiger partial charge in [-0.3, -0.25) is 0 Å². The summed E-state index contributed by atoms with van der Waals surface area (Å²) < 4.78 is 144. The number of anilines is 1. The first-order valence-electron chi connectivity index (χ1n) is 21.0. The van der Waals surface area contributed by atoms with Crippen LogP contribution >= 0.6 is 20.2 Å². The van der Waals surface area contributed by atoms with Gasteiger partial charge in [-0.25, -0.2) is 13.0 Å². The molecule has 0 bridgehead atoms. The molecule has 18 heteroatoms. The van der Waals surface area contributed by atoms with Crippen LogP contribution in [0.4, 0.5) is 23.2 Å². The second-order valence-corrected chi connectivity index (χ2v) is 23.7. The monoisotopic (exact) mass is 1050 g/mol. The molecule has 3 aliphatic rings. The summed E-state index contributed by atoms with van der Waals surface area (Å²) in [6.45, 7) is 13.9. The zero-order chi connectivity index (χ0) is 47.3. The standard InChI is InChI=1S/C47H50F4IN3O8S2/c1-8-54(9-2)32-18-23-36-41(28-32)61-42-29-33(55(10-3)11-4)19-24-37(42)44(36)38-25-22-35(30-43(38)65(58,59)60)64(56,57)53(7)27-26-31-16-20-34(21-17-31)62-47(50,51)46(48,49)52-40-15-13-12-14-39(40)45(5,6)63-52/h12-25,28-30H,8-11,26-27H2,1-7H3. The maximum atomic E-state index is 15.5. The van der Waals surface area contributed by atoms with Gasteiger partial charge >= 0.3 is 192 Å². The zero-order valence-corrected chi connectivity index (χ0v) is 40.7. The topological polar surface area (TPSA) is 132 Å². The molecule has 0 saturated carbocycles. The van der Waals surface area contributed by atoms with Crippen molar-refractivity contribution in [1.29, 1.82) is 0 Å². The molecule has 0 amide bonds.